The van der Waals surface area contributed by atoms with Gasteiger partial charge in [-0.3, -0.25) is 0 Å². The normalized spacial score (nSPS) is 11.3. The van der Waals surface area contributed by atoms with Gasteiger partial charge in [0.05, 0.1) is 5.69 Å². The van der Waals surface area contributed by atoms with Gasteiger partial charge in [-0.05, 0) is 104 Å². The summed E-state index contributed by atoms with van der Waals surface area (Å²) in [5.74, 6) is 0. The van der Waals surface area contributed by atoms with Gasteiger partial charge in [0.1, 0.15) is 11.2 Å². The van der Waals surface area contributed by atoms with Crippen molar-refractivity contribution >= 4 is 49.8 Å². The van der Waals surface area contributed by atoms with Gasteiger partial charge in [-0.25, -0.2) is 0 Å². The van der Waals surface area contributed by atoms with E-state index in [9.17, 15) is 0 Å². The Bertz CT molecular complexity index is 3290. The molecule has 0 amide bonds. The molecule has 2 nitrogen and oxygen atoms in total. The monoisotopic (exact) mass is 765 g/mol. The van der Waals surface area contributed by atoms with Crippen LogP contribution >= 0.6 is 0 Å². The molecule has 0 bridgehead atoms. The number of anilines is 3. The third kappa shape index (κ3) is 6.32. The van der Waals surface area contributed by atoms with Crippen molar-refractivity contribution in [1.82, 2.24) is 0 Å². The Hall–Kier alpha value is -7.94. The van der Waals surface area contributed by atoms with Crippen molar-refractivity contribution in [3.8, 4) is 55.6 Å². The Kier molecular flexibility index (Phi) is 8.87. The molecule has 0 aliphatic rings. The summed E-state index contributed by atoms with van der Waals surface area (Å²) in [5, 5.41) is 4.55. The number of furan rings is 1. The highest BCUT2D eigenvalue weighted by molar-refractivity contribution is 6.19. The van der Waals surface area contributed by atoms with Gasteiger partial charge in [0.2, 0.25) is 0 Å². The van der Waals surface area contributed by atoms with Gasteiger partial charge in [-0.2, -0.15) is 0 Å². The molecular formula is C58H39NO. The van der Waals surface area contributed by atoms with Gasteiger partial charge in [-0.1, -0.05) is 188 Å². The van der Waals surface area contributed by atoms with E-state index >= 15 is 0 Å². The molecule has 0 aliphatic carbocycles. The predicted molar refractivity (Wildman–Crippen MR) is 253 cm³/mol. The van der Waals surface area contributed by atoms with Crippen LogP contribution in [0.1, 0.15) is 0 Å². The SMILES string of the molecule is c1ccc(-c2ccc(-c3ccc(N(c4cccc(-c5cccc6oc7c8ccccc8ccc7c56)c4)c4ccccc4-c4ccccc4)cc3)cc2-c2ccccc2)cc1. The Morgan fingerprint density at radius 3 is 1.67 bits per heavy atom. The van der Waals surface area contributed by atoms with Crippen LogP contribution in [0.25, 0.3) is 88.3 Å². The van der Waals surface area contributed by atoms with Crippen molar-refractivity contribution in [2.24, 2.45) is 0 Å². The standard InChI is InChI=1S/C58H39NO/c1-4-16-41(17-5-1)49-36-33-45(39-54(49)43-20-8-3-9-21-43)40-30-34-47(35-31-40)59(55-28-13-12-25-50(55)42-18-6-2-7-19-42)48-24-14-23-46(38-48)51-27-15-29-56-57(51)53-37-32-44-22-10-11-26-52(44)58(53)60-56/h1-39H. The van der Waals surface area contributed by atoms with Gasteiger partial charge >= 0.3 is 0 Å². The highest BCUT2D eigenvalue weighted by atomic mass is 16.3. The molecule has 11 rings (SSSR count). The van der Waals surface area contributed by atoms with Crippen LogP contribution in [0.2, 0.25) is 0 Å². The van der Waals surface area contributed by atoms with Crippen LogP contribution in [-0.2, 0) is 0 Å². The van der Waals surface area contributed by atoms with Crippen LogP contribution in [0.4, 0.5) is 17.1 Å². The molecule has 11 aromatic rings. The molecule has 0 unspecified atom stereocenters. The zero-order chi connectivity index (χ0) is 39.8. The molecule has 0 atom stereocenters. The Morgan fingerprint density at radius 2 is 0.900 bits per heavy atom. The van der Waals surface area contributed by atoms with E-state index in [-0.39, 0.29) is 0 Å². The largest absolute Gasteiger partial charge is 0.455 e. The van der Waals surface area contributed by atoms with Crippen molar-refractivity contribution in [3.05, 3.63) is 237 Å². The molecule has 2 heteroatoms. The Morgan fingerprint density at radius 1 is 0.300 bits per heavy atom. The van der Waals surface area contributed by atoms with Crippen LogP contribution in [0.5, 0.6) is 0 Å². The summed E-state index contributed by atoms with van der Waals surface area (Å²) >= 11 is 0. The van der Waals surface area contributed by atoms with Crippen LogP contribution in [0, 0.1) is 0 Å². The maximum Gasteiger partial charge on any atom is 0.143 e. The lowest BCUT2D eigenvalue weighted by Gasteiger charge is -2.28. The second-order valence-corrected chi connectivity index (χ2v) is 15.3. The summed E-state index contributed by atoms with van der Waals surface area (Å²) in [6.07, 6.45) is 0. The first-order valence-corrected chi connectivity index (χ1v) is 20.5. The molecule has 0 aliphatic heterocycles. The summed E-state index contributed by atoms with van der Waals surface area (Å²) in [6.45, 7) is 0. The maximum atomic E-state index is 6.61. The summed E-state index contributed by atoms with van der Waals surface area (Å²) in [6, 6.07) is 84.8. The minimum atomic E-state index is 0.887. The van der Waals surface area contributed by atoms with E-state index in [0.29, 0.717) is 0 Å². The fraction of sp³-hybridized carbons (Fsp3) is 0. The number of hydrogen-bond donors (Lipinski definition) is 0. The fourth-order valence-electron chi connectivity index (χ4n) is 8.82. The highest BCUT2D eigenvalue weighted by Crippen LogP contribution is 2.45. The Labute approximate surface area is 349 Å². The average molecular weight is 766 g/mol. The van der Waals surface area contributed by atoms with E-state index in [2.05, 4.69) is 241 Å². The van der Waals surface area contributed by atoms with Gasteiger partial charge < -0.3 is 9.32 Å². The number of rotatable bonds is 8. The van der Waals surface area contributed by atoms with Crippen molar-refractivity contribution < 1.29 is 4.42 Å². The second-order valence-electron chi connectivity index (χ2n) is 15.3. The molecule has 0 saturated carbocycles. The van der Waals surface area contributed by atoms with Gasteiger partial charge in [0.15, 0.2) is 0 Å². The second kappa shape index (κ2) is 15.1. The third-order valence-electron chi connectivity index (χ3n) is 11.7. The fourth-order valence-corrected chi connectivity index (χ4v) is 8.82. The molecule has 0 fully saturated rings. The lowest BCUT2D eigenvalue weighted by Crippen LogP contribution is -2.11. The maximum absolute atomic E-state index is 6.61. The summed E-state index contributed by atoms with van der Waals surface area (Å²) in [5.41, 5.74) is 16.8. The first-order valence-electron chi connectivity index (χ1n) is 20.5. The average Bonchev–Trinajstić information content (AvgIpc) is 3.73. The minimum Gasteiger partial charge on any atom is -0.455 e. The van der Waals surface area contributed by atoms with Gasteiger partial charge in [0, 0.05) is 33.1 Å². The minimum absolute atomic E-state index is 0.887. The van der Waals surface area contributed by atoms with Gasteiger partial charge in [0.25, 0.3) is 0 Å². The molecule has 10 aromatic carbocycles. The van der Waals surface area contributed by atoms with Crippen LogP contribution in [0.3, 0.4) is 0 Å². The summed E-state index contributed by atoms with van der Waals surface area (Å²) in [4.78, 5) is 2.39. The zero-order valence-electron chi connectivity index (χ0n) is 32.9. The van der Waals surface area contributed by atoms with E-state index < -0.39 is 0 Å². The summed E-state index contributed by atoms with van der Waals surface area (Å²) < 4.78 is 6.61. The van der Waals surface area contributed by atoms with Crippen LogP contribution in [-0.4, -0.2) is 0 Å². The van der Waals surface area contributed by atoms with E-state index in [1.165, 1.54) is 38.8 Å². The van der Waals surface area contributed by atoms with E-state index in [1.54, 1.807) is 0 Å². The van der Waals surface area contributed by atoms with Crippen LogP contribution < -0.4 is 4.90 Å². The highest BCUT2D eigenvalue weighted by Gasteiger charge is 2.20. The molecule has 0 radical (unpaired) electrons. The molecule has 0 saturated heterocycles. The zero-order valence-corrected chi connectivity index (χ0v) is 32.9. The molecule has 0 N–H and O–H groups in total. The molecule has 282 valence electrons. The lowest BCUT2D eigenvalue weighted by molar-refractivity contribution is 0.673. The molecule has 1 aromatic heterocycles. The third-order valence-corrected chi connectivity index (χ3v) is 11.7. The predicted octanol–water partition coefficient (Wildman–Crippen LogP) is 16.5. The van der Waals surface area contributed by atoms with Crippen molar-refractivity contribution in [1.29, 1.82) is 0 Å². The molecular weight excluding hydrogens is 727 g/mol. The van der Waals surface area contributed by atoms with Crippen molar-refractivity contribution in [3.63, 3.8) is 0 Å². The smallest absolute Gasteiger partial charge is 0.143 e. The summed E-state index contributed by atoms with van der Waals surface area (Å²) in [7, 11) is 0. The molecule has 0 spiro atoms. The van der Waals surface area contributed by atoms with Crippen molar-refractivity contribution in [2.45, 2.75) is 0 Å². The van der Waals surface area contributed by atoms with Crippen LogP contribution in [0.15, 0.2) is 241 Å². The lowest BCUT2D eigenvalue weighted by atomic mass is 9.91. The van der Waals surface area contributed by atoms with Gasteiger partial charge in [-0.15, -0.1) is 0 Å². The van der Waals surface area contributed by atoms with E-state index in [1.807, 2.05) is 0 Å². The quantitative estimate of drug-likeness (QED) is 0.153. The first-order chi connectivity index (χ1) is 29.8. The number of hydrogen-bond acceptors (Lipinski definition) is 2. The molecule has 60 heavy (non-hydrogen) atoms. The topological polar surface area (TPSA) is 16.4 Å². The first kappa shape index (κ1) is 35.2. The Balaban J connectivity index is 1.05. The van der Waals surface area contributed by atoms with E-state index in [0.717, 1.165) is 66.6 Å². The number of nitrogens with zero attached hydrogens (tertiary/aromatic N) is 1. The number of para-hydroxylation sites is 1. The number of fused-ring (bicyclic) bond motifs is 5. The molecule has 1 heterocycles. The number of benzene rings is 10. The van der Waals surface area contributed by atoms with E-state index in [4.69, 9.17) is 4.42 Å². The van der Waals surface area contributed by atoms with Crippen molar-refractivity contribution in [2.75, 3.05) is 4.90 Å².